The Morgan fingerprint density at radius 1 is 1.26 bits per heavy atom. The Balaban J connectivity index is 4.37. The molecule has 0 bridgehead atoms. The molecule has 0 rings (SSSR count). The normalized spacial score (nSPS) is 14.2. The Morgan fingerprint density at radius 3 is 2.48 bits per heavy atom. The number of ether oxygens (including phenoxy) is 1. The first kappa shape index (κ1) is 23.1. The zero-order valence-corrected chi connectivity index (χ0v) is 17.3. The van der Waals surface area contributed by atoms with Gasteiger partial charge in [-0.3, -0.25) is 4.79 Å². The molecule has 0 amide bonds. The molecule has 0 spiro atoms. The smallest absolute Gasteiger partial charge is 0.309 e. The Kier molecular flexibility index (Phi) is 14.6. The van der Waals surface area contributed by atoms with Crippen LogP contribution in [0.4, 0.5) is 0 Å². The van der Waals surface area contributed by atoms with Crippen molar-refractivity contribution in [2.45, 2.75) is 38.6 Å². The number of nitrogens with one attached hydrogen (secondary N) is 1. The molecule has 0 aromatic heterocycles. The first-order chi connectivity index (χ1) is 11.0. The molecule has 0 fully saturated rings. The summed E-state index contributed by atoms with van der Waals surface area (Å²) < 4.78 is 5.97. The van der Waals surface area contributed by atoms with E-state index in [-0.39, 0.29) is 17.9 Å². The van der Waals surface area contributed by atoms with Crippen molar-refractivity contribution in [3.8, 4) is 0 Å². The molecule has 2 radical (unpaired) electrons. The second-order valence-corrected chi connectivity index (χ2v) is 7.14. The van der Waals surface area contributed by atoms with Crippen molar-refractivity contribution in [3.63, 3.8) is 0 Å². The monoisotopic (exact) mass is 437 g/mol. The Labute approximate surface area is 157 Å². The van der Waals surface area contributed by atoms with Crippen LogP contribution >= 0.6 is 22.6 Å². The van der Waals surface area contributed by atoms with Crippen molar-refractivity contribution in [1.82, 2.24) is 15.0 Å². The van der Waals surface area contributed by atoms with Crippen LogP contribution in [-0.4, -0.2) is 81.5 Å². The van der Waals surface area contributed by atoms with Crippen LogP contribution in [0, 0.1) is 5.92 Å². The molecule has 1 N–H and O–H groups in total. The summed E-state index contributed by atoms with van der Waals surface area (Å²) >= 11 is 2.35. The predicted octanol–water partition coefficient (Wildman–Crippen LogP) is 1.70. The van der Waals surface area contributed by atoms with Crippen LogP contribution in [0.25, 0.3) is 0 Å². The van der Waals surface area contributed by atoms with Gasteiger partial charge in [0.15, 0.2) is 7.98 Å². The van der Waals surface area contributed by atoms with Crippen LogP contribution < -0.4 is 5.32 Å². The minimum atomic E-state index is -0.200. The van der Waals surface area contributed by atoms with Crippen LogP contribution in [0.2, 0.25) is 0 Å². The van der Waals surface area contributed by atoms with Gasteiger partial charge >= 0.3 is 5.97 Å². The van der Waals surface area contributed by atoms with Gasteiger partial charge < -0.3 is 19.8 Å². The molecule has 23 heavy (non-hydrogen) atoms. The van der Waals surface area contributed by atoms with E-state index in [1.165, 1.54) is 7.11 Å². The fourth-order valence-electron chi connectivity index (χ4n) is 2.66. The lowest BCUT2D eigenvalue weighted by Crippen LogP contribution is -2.42. The minimum absolute atomic E-state index is 0.0381. The van der Waals surface area contributed by atoms with Crippen molar-refractivity contribution in [1.29, 1.82) is 0 Å². The number of hydrogen-bond acceptors (Lipinski definition) is 5. The van der Waals surface area contributed by atoms with E-state index < -0.39 is 0 Å². The number of nitrogens with zero attached hydrogens (tertiary/aromatic N) is 2. The highest BCUT2D eigenvalue weighted by atomic mass is 127. The van der Waals surface area contributed by atoms with Crippen molar-refractivity contribution < 1.29 is 9.53 Å². The Morgan fingerprint density at radius 2 is 1.91 bits per heavy atom. The molecule has 0 aliphatic rings. The molecule has 7 heteroatoms. The molecule has 0 saturated carbocycles. The van der Waals surface area contributed by atoms with Crippen molar-refractivity contribution in [2.75, 3.05) is 51.8 Å². The van der Waals surface area contributed by atoms with E-state index in [0.717, 1.165) is 56.3 Å². The average Bonchev–Trinajstić information content (AvgIpc) is 2.55. The molecule has 0 aliphatic heterocycles. The number of rotatable bonds is 14. The van der Waals surface area contributed by atoms with Crippen molar-refractivity contribution in [2.24, 2.45) is 5.92 Å². The fourth-order valence-corrected chi connectivity index (χ4v) is 3.00. The molecule has 0 heterocycles. The zero-order valence-electron chi connectivity index (χ0n) is 15.2. The van der Waals surface area contributed by atoms with E-state index in [1.54, 1.807) is 0 Å². The maximum atomic E-state index is 11.9. The zero-order chi connectivity index (χ0) is 17.7. The Bertz CT molecular complexity index is 311. The van der Waals surface area contributed by atoms with Gasteiger partial charge in [0, 0.05) is 10.5 Å². The molecule has 134 valence electrons. The third-order valence-electron chi connectivity index (χ3n) is 4.13. The summed E-state index contributed by atoms with van der Waals surface area (Å²) in [6.07, 6.45) is 4.11. The van der Waals surface area contributed by atoms with E-state index >= 15 is 0 Å². The number of carbonyl (C=O) groups excluding carboxylic acids is 1. The summed E-state index contributed by atoms with van der Waals surface area (Å²) in [6, 6.07) is 0.0381. The van der Waals surface area contributed by atoms with E-state index in [9.17, 15) is 4.79 Å². The number of hydrogen-bond donors (Lipinski definition) is 1. The van der Waals surface area contributed by atoms with Crippen LogP contribution in [0.15, 0.2) is 0 Å². The molecule has 2 atom stereocenters. The lowest BCUT2D eigenvalue weighted by molar-refractivity contribution is -0.146. The van der Waals surface area contributed by atoms with Crippen LogP contribution in [0.5, 0.6) is 0 Å². The fraction of sp³-hybridized carbons (Fsp3) is 0.938. The van der Waals surface area contributed by atoms with Gasteiger partial charge in [-0.15, -0.1) is 0 Å². The highest BCUT2D eigenvalue weighted by Crippen LogP contribution is 2.17. The van der Waals surface area contributed by atoms with E-state index in [2.05, 4.69) is 39.9 Å². The first-order valence-electron chi connectivity index (χ1n) is 8.46. The quantitative estimate of drug-likeness (QED) is 0.147. The number of methoxy groups -OCH3 is 1. The predicted molar refractivity (Wildman–Crippen MR) is 106 cm³/mol. The van der Waals surface area contributed by atoms with Crippen LogP contribution in [0.3, 0.4) is 0 Å². The highest BCUT2D eigenvalue weighted by molar-refractivity contribution is 14.1. The van der Waals surface area contributed by atoms with Crippen LogP contribution in [0.1, 0.15) is 32.6 Å². The van der Waals surface area contributed by atoms with Gasteiger partial charge in [-0.1, -0.05) is 29.5 Å². The number of esters is 1. The summed E-state index contributed by atoms with van der Waals surface area (Å²) in [5, 5.41) is 3.16. The summed E-state index contributed by atoms with van der Waals surface area (Å²) in [6.45, 7) is 5.87. The molecular weight excluding hydrogens is 404 g/mol. The lowest BCUT2D eigenvalue weighted by atomic mass is 9.93. The molecular formula is C16H33BIN3O2. The second-order valence-electron chi connectivity index (χ2n) is 6.06. The molecule has 0 saturated heterocycles. The van der Waals surface area contributed by atoms with Gasteiger partial charge in [0.1, 0.15) is 0 Å². The van der Waals surface area contributed by atoms with Gasteiger partial charge in [-0.25, -0.2) is 0 Å². The van der Waals surface area contributed by atoms with Crippen molar-refractivity contribution in [3.05, 3.63) is 0 Å². The number of carbonyl (C=O) groups is 1. The summed E-state index contributed by atoms with van der Waals surface area (Å²) in [5.41, 5.74) is 0. The topological polar surface area (TPSA) is 44.8 Å². The maximum absolute atomic E-state index is 11.9. The third kappa shape index (κ3) is 10.6. The second kappa shape index (κ2) is 14.5. The number of alkyl halides is 1. The maximum Gasteiger partial charge on any atom is 0.309 e. The van der Waals surface area contributed by atoms with Gasteiger partial charge in [0.2, 0.25) is 0 Å². The van der Waals surface area contributed by atoms with E-state index in [1.807, 2.05) is 18.8 Å². The Hall–Kier alpha value is 0.145. The van der Waals surface area contributed by atoms with Gasteiger partial charge in [0.05, 0.1) is 13.0 Å². The summed E-state index contributed by atoms with van der Waals surface area (Å²) in [4.78, 5) is 16.1. The lowest BCUT2D eigenvalue weighted by Gasteiger charge is -2.32. The van der Waals surface area contributed by atoms with Gasteiger partial charge in [-0.2, -0.15) is 0 Å². The van der Waals surface area contributed by atoms with Gasteiger partial charge in [-0.05, 0) is 66.0 Å². The van der Waals surface area contributed by atoms with Crippen LogP contribution in [-0.2, 0) is 9.53 Å². The van der Waals surface area contributed by atoms with Gasteiger partial charge in [0.25, 0.3) is 0 Å². The SMILES string of the molecule is [B]N(CCCI)C(CCCN(C)CCCNC)C(C)C(=O)OC. The molecule has 0 aromatic rings. The van der Waals surface area contributed by atoms with E-state index in [0.29, 0.717) is 0 Å². The minimum Gasteiger partial charge on any atom is -0.469 e. The van der Waals surface area contributed by atoms with E-state index in [4.69, 9.17) is 12.7 Å². The largest absolute Gasteiger partial charge is 0.469 e. The number of halogens is 1. The first-order valence-corrected chi connectivity index (χ1v) is 9.98. The standard InChI is InChI=1S/C16H33BIN3O2/c1-14(16(22)23-4)15(21(17)13-6-9-18)8-5-11-20(3)12-7-10-19-2/h14-15,19H,5-13H2,1-4H3. The third-order valence-corrected chi connectivity index (χ3v) is 4.90. The average molecular weight is 437 g/mol. The highest BCUT2D eigenvalue weighted by Gasteiger charge is 2.27. The summed E-state index contributed by atoms with van der Waals surface area (Å²) in [7, 11) is 11.8. The van der Waals surface area contributed by atoms with Crippen molar-refractivity contribution >= 4 is 36.5 Å². The molecule has 0 aliphatic carbocycles. The molecule has 0 aromatic carbocycles. The molecule has 2 unspecified atom stereocenters. The summed E-state index contributed by atoms with van der Waals surface area (Å²) in [5.74, 6) is -0.379. The molecule has 5 nitrogen and oxygen atoms in total.